The second-order valence-corrected chi connectivity index (χ2v) is 36.3. The highest BCUT2D eigenvalue weighted by Crippen LogP contribution is 2.37. The Morgan fingerprint density at radius 3 is 0.841 bits per heavy atom. The molecule has 0 spiro atoms. The van der Waals surface area contributed by atoms with E-state index in [2.05, 4.69) is 68.9 Å². The molecule has 2 fully saturated rings. The second-order valence-electron chi connectivity index (χ2n) is 36.3. The second kappa shape index (κ2) is 50.7. The maximum Gasteiger partial charge on any atom is 0.323 e. The zero-order valence-electron chi connectivity index (χ0n) is 81.1. The van der Waals surface area contributed by atoms with Gasteiger partial charge in [-0.2, -0.15) is 0 Å². The number of hydrogen-bond acceptors (Lipinski definition) is 18. The Morgan fingerprint density at radius 2 is 0.601 bits per heavy atom. The number of pyridine rings is 4. The van der Waals surface area contributed by atoms with Crippen LogP contribution in [-0.4, -0.2) is 94.0 Å². The SMILES string of the molecule is CCc1cccnc1-c1ccc(OCC(C)C)c(C(=O)NCc2ccc(C)c(F)c2)c1.CCc1cccnc1-c1ccc(OCC2CC2)c(C(=O)NCc2ccc(C)c(F)c2)c1.Cc1ccc(CNC(=O)c2cc(-c3ncccc3COC(=O)[C@@H](N)C(C)C)ccc2OCC(C)C)cc1F.Cc1ccc(CNC(=O)c2cc(-c3ncccc3COC(=O)[C@@H](N)C(C)C)ccc2OCC2CC2)cc1F. The minimum Gasteiger partial charge on any atom is -0.492 e. The van der Waals surface area contributed by atoms with Crippen molar-refractivity contribution in [1.29, 1.82) is 0 Å². The number of halogens is 4. The van der Waals surface area contributed by atoms with E-state index in [9.17, 15) is 46.3 Å². The van der Waals surface area contributed by atoms with Gasteiger partial charge in [-0.15, -0.1) is 0 Å². The number of benzene rings is 8. The van der Waals surface area contributed by atoms with Crippen molar-refractivity contribution in [1.82, 2.24) is 41.2 Å². The van der Waals surface area contributed by atoms with E-state index in [1.54, 1.807) is 125 Å². The van der Waals surface area contributed by atoms with E-state index < -0.39 is 24.0 Å². The summed E-state index contributed by atoms with van der Waals surface area (Å²) in [5, 5.41) is 11.5. The lowest BCUT2D eigenvalue weighted by molar-refractivity contribution is -0.148. The summed E-state index contributed by atoms with van der Waals surface area (Å²) in [6.07, 6.45) is 13.1. The van der Waals surface area contributed by atoms with Crippen LogP contribution in [0.15, 0.2) is 219 Å². The van der Waals surface area contributed by atoms with Gasteiger partial charge in [-0.3, -0.25) is 48.7 Å². The van der Waals surface area contributed by atoms with Crippen LogP contribution in [0.3, 0.4) is 0 Å². The van der Waals surface area contributed by atoms with Gasteiger partial charge in [0.15, 0.2) is 0 Å². The number of aromatic nitrogens is 4. The van der Waals surface area contributed by atoms with E-state index >= 15 is 0 Å². The highest BCUT2D eigenvalue weighted by Gasteiger charge is 2.29. The van der Waals surface area contributed by atoms with E-state index in [0.717, 1.165) is 59.3 Å². The maximum absolute atomic E-state index is 14.0. The summed E-state index contributed by atoms with van der Waals surface area (Å²) in [5.74, 6) is 0.200. The number of nitrogens with one attached hydrogen (secondary N) is 4. The predicted molar refractivity (Wildman–Crippen MR) is 529 cm³/mol. The largest absolute Gasteiger partial charge is 0.492 e. The standard InChI is InChI=1S/C30H34FN3O4.C30H36FN3O4.C26H27FN2O2.C26H29FN2O2/c1-18(2)27(32)30(36)38-17-23-5-4-12-33-28(23)22-10-11-26(37-16-20-8-9-20)24(14-22)29(35)34-15-21-7-6-19(3)25(31)13-21;1-18(2)16-37-26-11-10-22(14-24(26)29(35)34-15-21-9-8-20(5)25(31)13-21)28-23(7-6-12-33-28)17-38-30(36)27(32)19(3)4;1-3-20-5-4-12-28-25(20)21-10-11-24(31-16-18-8-9-18)22(14-21)26(30)29-15-19-7-6-17(2)23(27)13-19;1-5-20-7-6-12-28-25(20)21-10-11-24(31-16-17(2)3)22(14-21)26(30)29-15-19-9-8-18(4)23(27)13-19/h4-7,10-14,18,20,27H,8-9,15-17,32H2,1-3H3,(H,34,35);6-14,18-19,27H,15-17,32H2,1-5H3,(H,34,35);4-7,10-14,18H,3,8-9,15-16H2,1-2H3,(H,29,30);6-14,17H,5,15-16H2,1-4H3,(H,29,30)/t2*27-;;/m00../s1. The topological polar surface area (TPSA) is 310 Å². The number of nitrogens with two attached hydrogens (primary N) is 2. The van der Waals surface area contributed by atoms with E-state index in [0.29, 0.717) is 168 Å². The minimum atomic E-state index is -0.718. The third-order valence-electron chi connectivity index (χ3n) is 23.3. The third-order valence-corrected chi connectivity index (χ3v) is 23.3. The average molecular weight is 1880 g/mol. The summed E-state index contributed by atoms with van der Waals surface area (Å²) in [7, 11) is 0. The Kier molecular flexibility index (Phi) is 38.4. The molecule has 0 saturated heterocycles. The molecule has 2 aliphatic rings. The van der Waals surface area contributed by atoms with Crippen LogP contribution in [0.1, 0.15) is 203 Å². The molecule has 2 aliphatic carbocycles. The molecule has 138 heavy (non-hydrogen) atoms. The number of hydrogen-bond donors (Lipinski definition) is 6. The van der Waals surface area contributed by atoms with Crippen molar-refractivity contribution in [3.63, 3.8) is 0 Å². The van der Waals surface area contributed by atoms with Gasteiger partial charge < -0.3 is 61.2 Å². The number of carbonyl (C=O) groups excluding carboxylic acids is 6. The normalized spacial score (nSPS) is 12.5. The monoisotopic (exact) mass is 1880 g/mol. The molecule has 14 rings (SSSR count). The van der Waals surface area contributed by atoms with Crippen LogP contribution >= 0.6 is 0 Å². The lowest BCUT2D eigenvalue weighted by Gasteiger charge is -2.17. The van der Waals surface area contributed by atoms with Gasteiger partial charge in [0.2, 0.25) is 0 Å². The summed E-state index contributed by atoms with van der Waals surface area (Å²) >= 11 is 0. The molecule has 724 valence electrons. The van der Waals surface area contributed by atoms with E-state index in [1.807, 2.05) is 139 Å². The number of rotatable bonds is 38. The van der Waals surface area contributed by atoms with Crippen LogP contribution in [0, 0.1) is 86.5 Å². The van der Waals surface area contributed by atoms with Gasteiger partial charge in [0, 0.05) is 84.3 Å². The van der Waals surface area contributed by atoms with Crippen LogP contribution < -0.4 is 51.7 Å². The number of aryl methyl sites for hydroxylation is 6. The van der Waals surface area contributed by atoms with E-state index in [1.165, 1.54) is 37.1 Å². The van der Waals surface area contributed by atoms with Crippen molar-refractivity contribution in [3.8, 4) is 68.0 Å². The molecule has 0 bridgehead atoms. The first kappa shape index (κ1) is 104. The third kappa shape index (κ3) is 30.5. The summed E-state index contributed by atoms with van der Waals surface area (Å²) in [5.41, 5.74) is 27.9. The van der Waals surface area contributed by atoms with Crippen LogP contribution in [0.25, 0.3) is 45.0 Å². The van der Waals surface area contributed by atoms with Gasteiger partial charge >= 0.3 is 11.9 Å². The van der Waals surface area contributed by atoms with Gasteiger partial charge in [0.05, 0.1) is 71.5 Å². The highest BCUT2D eigenvalue weighted by molar-refractivity contribution is 6.01. The molecular weight excluding hydrogens is 1750 g/mol. The van der Waals surface area contributed by atoms with Crippen molar-refractivity contribution in [3.05, 3.63) is 331 Å². The molecule has 0 radical (unpaired) electrons. The molecule has 8 N–H and O–H groups in total. The van der Waals surface area contributed by atoms with Gasteiger partial charge in [-0.05, 0) is 279 Å². The van der Waals surface area contributed by atoms with Crippen LogP contribution in [0.4, 0.5) is 17.6 Å². The average Bonchev–Trinajstić information content (AvgIpc) is 1.54. The van der Waals surface area contributed by atoms with Crippen molar-refractivity contribution >= 4 is 35.6 Å². The zero-order valence-corrected chi connectivity index (χ0v) is 81.1. The first-order valence-electron chi connectivity index (χ1n) is 47.0. The molecule has 22 nitrogen and oxygen atoms in total. The maximum atomic E-state index is 14.0. The molecule has 12 aromatic rings. The Balaban J connectivity index is 0.000000177. The molecule has 4 amide bonds. The summed E-state index contributed by atoms with van der Waals surface area (Å²) < 4.78 is 90.3. The van der Waals surface area contributed by atoms with Crippen molar-refractivity contribution in [2.24, 2.45) is 47.0 Å². The Morgan fingerprint density at radius 1 is 0.348 bits per heavy atom. The predicted octanol–water partition coefficient (Wildman–Crippen LogP) is 21.3. The number of carbonyl (C=O) groups is 6. The fourth-order valence-electron chi connectivity index (χ4n) is 14.1. The molecule has 4 heterocycles. The van der Waals surface area contributed by atoms with Gasteiger partial charge in [-0.1, -0.05) is 142 Å². The Bertz CT molecular complexity index is 5870. The molecule has 26 heteroatoms. The number of esters is 2. The Hall–Kier alpha value is -14.0. The van der Waals surface area contributed by atoms with Crippen molar-refractivity contribution in [2.45, 2.75) is 187 Å². The van der Waals surface area contributed by atoms with Crippen LogP contribution in [-0.2, 0) is 71.3 Å². The lowest BCUT2D eigenvalue weighted by atomic mass is 10.0. The Labute approximate surface area is 806 Å². The summed E-state index contributed by atoms with van der Waals surface area (Å²) in [4.78, 5) is 95.3. The zero-order chi connectivity index (χ0) is 99.2. The molecule has 0 aliphatic heterocycles. The van der Waals surface area contributed by atoms with Crippen molar-refractivity contribution in [2.75, 3.05) is 26.4 Å². The fraction of sp³-hybridized carbons (Fsp3) is 0.339. The number of amides is 4. The fourth-order valence-corrected chi connectivity index (χ4v) is 14.1. The molecule has 8 aromatic carbocycles. The summed E-state index contributed by atoms with van der Waals surface area (Å²) in [6.45, 7) is 29.5. The lowest BCUT2D eigenvalue weighted by Crippen LogP contribution is -2.36. The molecule has 2 atom stereocenters. The molecule has 2 saturated carbocycles. The molecule has 0 unspecified atom stereocenters. The number of nitrogens with zero attached hydrogens (tertiary/aromatic N) is 4. The number of ether oxygens (including phenoxy) is 6. The first-order chi connectivity index (χ1) is 66.2. The minimum absolute atomic E-state index is 0.00285. The van der Waals surface area contributed by atoms with Gasteiger partial charge in [-0.25, -0.2) is 17.6 Å². The van der Waals surface area contributed by atoms with Crippen molar-refractivity contribution < 1.29 is 74.8 Å². The van der Waals surface area contributed by atoms with Gasteiger partial charge in [0.25, 0.3) is 23.6 Å². The molecule has 4 aromatic heterocycles. The molecular formula is C112H126F4N10O12. The van der Waals surface area contributed by atoms with E-state index in [-0.39, 0.29) is 104 Å². The summed E-state index contributed by atoms with van der Waals surface area (Å²) in [6, 6.07) is 55.2. The quantitative estimate of drug-likeness (QED) is 0.0155. The van der Waals surface area contributed by atoms with Crippen LogP contribution in [0.2, 0.25) is 0 Å². The van der Waals surface area contributed by atoms with Gasteiger partial charge in [0.1, 0.15) is 71.6 Å². The smallest absolute Gasteiger partial charge is 0.323 e. The van der Waals surface area contributed by atoms with E-state index in [4.69, 9.17) is 39.9 Å². The first-order valence-corrected chi connectivity index (χ1v) is 47.0. The van der Waals surface area contributed by atoms with Crippen LogP contribution in [0.5, 0.6) is 23.0 Å². The highest BCUT2D eigenvalue weighted by atomic mass is 19.1.